The van der Waals surface area contributed by atoms with Crippen molar-refractivity contribution in [3.63, 3.8) is 0 Å². The van der Waals surface area contributed by atoms with E-state index in [0.717, 1.165) is 5.56 Å². The lowest BCUT2D eigenvalue weighted by Gasteiger charge is -1.99. The van der Waals surface area contributed by atoms with E-state index in [4.69, 9.17) is 0 Å². The monoisotopic (exact) mass is 141 g/mol. The van der Waals surface area contributed by atoms with Crippen molar-refractivity contribution in [2.24, 2.45) is 0 Å². The Labute approximate surface area is 58.7 Å². The average molecular weight is 141 g/mol. The summed E-state index contributed by atoms with van der Waals surface area (Å²) < 4.78 is 16.1. The Hall–Kier alpha value is -1.12. The fraction of sp³-hybridized carbons (Fsp3) is 0.286. The topological polar surface area (TPSA) is 22.1 Å². The first-order valence-electron chi connectivity index (χ1n) is 2.93. The zero-order valence-electron chi connectivity index (χ0n) is 5.67. The first-order chi connectivity index (χ1) is 4.83. The molecule has 0 radical (unpaired) electrons. The van der Waals surface area contributed by atoms with Gasteiger partial charge in [0.15, 0.2) is 0 Å². The molecule has 2 nitrogen and oxygen atoms in total. The molecule has 54 valence electrons. The van der Waals surface area contributed by atoms with Crippen LogP contribution in [-0.2, 0) is 0 Å². The van der Waals surface area contributed by atoms with Gasteiger partial charge in [0, 0.05) is 6.20 Å². The van der Waals surface area contributed by atoms with Crippen LogP contribution in [0.5, 0.6) is 5.75 Å². The standard InChI is InChI=1S/C7H8FNO/c1-6-2-7(10-5-8)4-9-3-6/h2-4H,5H2,1H3. The van der Waals surface area contributed by atoms with Crippen LogP contribution >= 0.6 is 0 Å². The van der Waals surface area contributed by atoms with Gasteiger partial charge in [0.1, 0.15) is 5.75 Å². The zero-order chi connectivity index (χ0) is 7.40. The van der Waals surface area contributed by atoms with E-state index < -0.39 is 6.86 Å². The van der Waals surface area contributed by atoms with E-state index >= 15 is 0 Å². The van der Waals surface area contributed by atoms with E-state index in [-0.39, 0.29) is 0 Å². The normalized spacial score (nSPS) is 9.40. The van der Waals surface area contributed by atoms with Crippen molar-refractivity contribution < 1.29 is 9.13 Å². The lowest BCUT2D eigenvalue weighted by Crippen LogP contribution is -1.90. The second kappa shape index (κ2) is 3.15. The first kappa shape index (κ1) is 6.99. The van der Waals surface area contributed by atoms with Crippen molar-refractivity contribution in [1.82, 2.24) is 4.98 Å². The number of alkyl halides is 1. The quantitative estimate of drug-likeness (QED) is 0.625. The highest BCUT2D eigenvalue weighted by atomic mass is 19.1. The molecular formula is C7H8FNO. The molecule has 0 saturated carbocycles. The molecule has 10 heavy (non-hydrogen) atoms. The van der Waals surface area contributed by atoms with Crippen molar-refractivity contribution in [2.45, 2.75) is 6.92 Å². The maximum Gasteiger partial charge on any atom is 0.228 e. The van der Waals surface area contributed by atoms with Crippen molar-refractivity contribution >= 4 is 0 Å². The maximum atomic E-state index is 11.6. The summed E-state index contributed by atoms with van der Waals surface area (Å²) in [5.74, 6) is 0.475. The van der Waals surface area contributed by atoms with Gasteiger partial charge in [-0.3, -0.25) is 4.98 Å². The van der Waals surface area contributed by atoms with E-state index in [9.17, 15) is 4.39 Å². The SMILES string of the molecule is Cc1cncc(OCF)c1. The second-order valence-electron chi connectivity index (χ2n) is 1.95. The fourth-order valence-electron chi connectivity index (χ4n) is 0.669. The Morgan fingerprint density at radius 3 is 3.00 bits per heavy atom. The van der Waals surface area contributed by atoms with Gasteiger partial charge in [0.05, 0.1) is 6.20 Å². The molecule has 1 aromatic heterocycles. The second-order valence-corrected chi connectivity index (χ2v) is 1.95. The average Bonchev–Trinajstić information content (AvgIpc) is 1.88. The minimum atomic E-state index is -0.800. The molecule has 0 N–H and O–H groups in total. The summed E-state index contributed by atoms with van der Waals surface area (Å²) in [4.78, 5) is 3.81. The first-order valence-corrected chi connectivity index (χ1v) is 2.93. The van der Waals surface area contributed by atoms with Crippen LogP contribution in [0.25, 0.3) is 0 Å². The Balaban J connectivity index is 2.75. The lowest BCUT2D eigenvalue weighted by molar-refractivity contribution is 0.191. The van der Waals surface area contributed by atoms with Gasteiger partial charge in [0.2, 0.25) is 6.86 Å². The van der Waals surface area contributed by atoms with Gasteiger partial charge < -0.3 is 4.74 Å². The minimum absolute atomic E-state index is 0.475. The highest BCUT2D eigenvalue weighted by Crippen LogP contribution is 2.09. The van der Waals surface area contributed by atoms with Crippen molar-refractivity contribution in [2.75, 3.05) is 6.86 Å². The smallest absolute Gasteiger partial charge is 0.228 e. The highest BCUT2D eigenvalue weighted by molar-refractivity contribution is 5.21. The summed E-state index contributed by atoms with van der Waals surface area (Å²) in [7, 11) is 0. The molecule has 0 aliphatic heterocycles. The molecule has 0 atom stereocenters. The molecule has 0 aliphatic rings. The molecule has 0 amide bonds. The molecule has 0 bridgehead atoms. The molecule has 1 heterocycles. The molecule has 0 aliphatic carbocycles. The van der Waals surface area contributed by atoms with Crippen molar-refractivity contribution in [3.05, 3.63) is 24.0 Å². The minimum Gasteiger partial charge on any atom is -0.461 e. The number of hydrogen-bond acceptors (Lipinski definition) is 2. The summed E-state index contributed by atoms with van der Waals surface area (Å²) in [6.45, 7) is 1.07. The van der Waals surface area contributed by atoms with E-state index in [0.29, 0.717) is 5.75 Å². The summed E-state index contributed by atoms with van der Waals surface area (Å²) in [6, 6.07) is 1.73. The molecule has 1 rings (SSSR count). The van der Waals surface area contributed by atoms with E-state index in [1.807, 2.05) is 6.92 Å². The number of rotatable bonds is 2. The van der Waals surface area contributed by atoms with Crippen LogP contribution in [0.3, 0.4) is 0 Å². The Morgan fingerprint density at radius 1 is 1.60 bits per heavy atom. The number of aryl methyl sites for hydroxylation is 1. The predicted octanol–water partition coefficient (Wildman–Crippen LogP) is 1.70. The van der Waals surface area contributed by atoms with Gasteiger partial charge in [-0.05, 0) is 18.6 Å². The third-order valence-electron chi connectivity index (χ3n) is 1.07. The Bertz CT molecular complexity index is 215. The van der Waals surface area contributed by atoms with E-state index in [2.05, 4.69) is 9.72 Å². The van der Waals surface area contributed by atoms with E-state index in [1.165, 1.54) is 6.20 Å². The molecular weight excluding hydrogens is 133 g/mol. The van der Waals surface area contributed by atoms with Gasteiger partial charge in [-0.15, -0.1) is 0 Å². The molecule has 0 fully saturated rings. The number of nitrogens with zero attached hydrogens (tertiary/aromatic N) is 1. The van der Waals surface area contributed by atoms with Crippen LogP contribution in [-0.4, -0.2) is 11.8 Å². The number of pyridine rings is 1. The number of halogens is 1. The third-order valence-corrected chi connectivity index (χ3v) is 1.07. The van der Waals surface area contributed by atoms with Gasteiger partial charge in [-0.2, -0.15) is 0 Å². The highest BCUT2D eigenvalue weighted by Gasteiger charge is 1.91. The molecule has 1 aromatic rings. The maximum absolute atomic E-state index is 11.6. The van der Waals surface area contributed by atoms with Crippen molar-refractivity contribution in [3.8, 4) is 5.75 Å². The van der Waals surface area contributed by atoms with Gasteiger partial charge in [0.25, 0.3) is 0 Å². The Morgan fingerprint density at radius 2 is 2.40 bits per heavy atom. The largest absolute Gasteiger partial charge is 0.461 e. The van der Waals surface area contributed by atoms with Crippen molar-refractivity contribution in [1.29, 1.82) is 0 Å². The van der Waals surface area contributed by atoms with Crippen LogP contribution in [0.4, 0.5) is 4.39 Å². The zero-order valence-corrected chi connectivity index (χ0v) is 5.67. The molecule has 0 unspecified atom stereocenters. The number of aromatic nitrogens is 1. The molecule has 3 heteroatoms. The molecule has 0 aromatic carbocycles. The number of ether oxygens (including phenoxy) is 1. The Kier molecular flexibility index (Phi) is 2.20. The van der Waals surface area contributed by atoms with Crippen LogP contribution in [0.15, 0.2) is 18.5 Å². The van der Waals surface area contributed by atoms with Gasteiger partial charge in [-0.25, -0.2) is 4.39 Å². The summed E-state index contributed by atoms with van der Waals surface area (Å²) >= 11 is 0. The fourth-order valence-corrected chi connectivity index (χ4v) is 0.669. The predicted molar refractivity (Wildman–Crippen MR) is 35.6 cm³/mol. The molecule has 0 spiro atoms. The van der Waals surface area contributed by atoms with Crippen LogP contribution in [0, 0.1) is 6.92 Å². The molecule has 0 saturated heterocycles. The summed E-state index contributed by atoms with van der Waals surface area (Å²) in [5, 5.41) is 0. The van der Waals surface area contributed by atoms with Crippen LogP contribution in [0.1, 0.15) is 5.56 Å². The van der Waals surface area contributed by atoms with Gasteiger partial charge in [-0.1, -0.05) is 0 Å². The van der Waals surface area contributed by atoms with Crippen LogP contribution < -0.4 is 4.74 Å². The van der Waals surface area contributed by atoms with Crippen LogP contribution in [0.2, 0.25) is 0 Å². The lowest BCUT2D eigenvalue weighted by atomic mass is 10.3. The third kappa shape index (κ3) is 1.69. The summed E-state index contributed by atoms with van der Waals surface area (Å²) in [5.41, 5.74) is 0.964. The van der Waals surface area contributed by atoms with E-state index in [1.54, 1.807) is 12.3 Å². The summed E-state index contributed by atoms with van der Waals surface area (Å²) in [6.07, 6.45) is 3.16. The number of hydrogen-bond donors (Lipinski definition) is 0. The van der Waals surface area contributed by atoms with Gasteiger partial charge >= 0.3 is 0 Å².